The number of benzene rings is 2. The number of nitrogens with two attached hydrogens (primary N) is 1. The van der Waals surface area contributed by atoms with Crippen LogP contribution in [0.25, 0.3) is 11.1 Å². The summed E-state index contributed by atoms with van der Waals surface area (Å²) in [6, 6.07) is 14.2. The van der Waals surface area contributed by atoms with Gasteiger partial charge in [0.05, 0.1) is 12.1 Å². The standard InChI is InChI=1S/C18H16ClN3O/c19-16-7-5-13(6-8-16)17(20)18(23)14-3-1-12(2-4-14)15-9-21-11-22-10-15/h1-11,17-18,23H,20H2/t17-,18+/m0/s1. The molecule has 0 saturated heterocycles. The largest absolute Gasteiger partial charge is 0.386 e. The van der Waals surface area contributed by atoms with Crippen molar-refractivity contribution < 1.29 is 5.11 Å². The van der Waals surface area contributed by atoms with E-state index in [0.717, 1.165) is 22.3 Å². The molecule has 23 heavy (non-hydrogen) atoms. The van der Waals surface area contributed by atoms with Crippen molar-refractivity contribution in [3.8, 4) is 11.1 Å². The zero-order valence-corrected chi connectivity index (χ0v) is 13.1. The molecule has 2 atom stereocenters. The van der Waals surface area contributed by atoms with Crippen molar-refractivity contribution in [2.24, 2.45) is 5.73 Å². The van der Waals surface area contributed by atoms with Crippen LogP contribution in [0, 0.1) is 0 Å². The van der Waals surface area contributed by atoms with Gasteiger partial charge in [-0.2, -0.15) is 0 Å². The normalized spacial score (nSPS) is 13.5. The molecule has 116 valence electrons. The molecule has 3 aromatic rings. The predicted octanol–water partition coefficient (Wildman–Crippen LogP) is 3.53. The Labute approximate surface area is 139 Å². The molecule has 0 aliphatic heterocycles. The molecule has 0 amide bonds. The second-order valence-electron chi connectivity index (χ2n) is 5.27. The van der Waals surface area contributed by atoms with Gasteiger partial charge >= 0.3 is 0 Å². The van der Waals surface area contributed by atoms with Crippen LogP contribution in [0.4, 0.5) is 0 Å². The van der Waals surface area contributed by atoms with Crippen LogP contribution in [0.1, 0.15) is 23.3 Å². The SMILES string of the molecule is N[C@@H](c1ccc(Cl)cc1)[C@H](O)c1ccc(-c2cncnc2)cc1. The third-order valence-electron chi connectivity index (χ3n) is 3.74. The highest BCUT2D eigenvalue weighted by atomic mass is 35.5. The second-order valence-corrected chi connectivity index (χ2v) is 5.71. The van der Waals surface area contributed by atoms with Crippen LogP contribution >= 0.6 is 11.6 Å². The minimum atomic E-state index is -0.794. The van der Waals surface area contributed by atoms with E-state index in [-0.39, 0.29) is 0 Å². The summed E-state index contributed by atoms with van der Waals surface area (Å²) in [6.45, 7) is 0. The Kier molecular flexibility index (Phi) is 4.67. The van der Waals surface area contributed by atoms with Crippen LogP contribution in [0.5, 0.6) is 0 Å². The minimum Gasteiger partial charge on any atom is -0.386 e. The van der Waals surface area contributed by atoms with Crippen LogP contribution in [-0.2, 0) is 0 Å². The summed E-state index contributed by atoms with van der Waals surface area (Å²) in [5.74, 6) is 0. The second kappa shape index (κ2) is 6.87. The van der Waals surface area contributed by atoms with Gasteiger partial charge in [-0.25, -0.2) is 9.97 Å². The maximum absolute atomic E-state index is 10.5. The summed E-state index contributed by atoms with van der Waals surface area (Å²) in [6.07, 6.45) is 4.19. The van der Waals surface area contributed by atoms with E-state index in [2.05, 4.69) is 9.97 Å². The quantitative estimate of drug-likeness (QED) is 0.769. The summed E-state index contributed by atoms with van der Waals surface area (Å²) >= 11 is 5.88. The van der Waals surface area contributed by atoms with E-state index in [1.807, 2.05) is 36.4 Å². The third-order valence-corrected chi connectivity index (χ3v) is 3.99. The van der Waals surface area contributed by atoms with Crippen molar-refractivity contribution >= 4 is 11.6 Å². The van der Waals surface area contributed by atoms with E-state index in [0.29, 0.717) is 5.02 Å². The molecule has 0 saturated carbocycles. The van der Waals surface area contributed by atoms with Gasteiger partial charge in [-0.05, 0) is 28.8 Å². The first-order valence-corrected chi connectivity index (χ1v) is 7.57. The lowest BCUT2D eigenvalue weighted by molar-refractivity contribution is 0.147. The summed E-state index contributed by atoms with van der Waals surface area (Å²) in [4.78, 5) is 8.00. The maximum Gasteiger partial charge on any atom is 0.115 e. The van der Waals surface area contributed by atoms with Gasteiger partial charge in [0.2, 0.25) is 0 Å². The Hall–Kier alpha value is -2.27. The van der Waals surface area contributed by atoms with Crippen molar-refractivity contribution in [1.82, 2.24) is 9.97 Å². The first-order chi connectivity index (χ1) is 11.1. The molecule has 1 heterocycles. The number of nitrogens with zero attached hydrogens (tertiary/aromatic N) is 2. The van der Waals surface area contributed by atoms with Gasteiger partial charge in [0.1, 0.15) is 6.33 Å². The van der Waals surface area contributed by atoms with E-state index in [1.54, 1.807) is 24.5 Å². The molecule has 1 aromatic heterocycles. The van der Waals surface area contributed by atoms with Gasteiger partial charge < -0.3 is 10.8 Å². The fourth-order valence-corrected chi connectivity index (χ4v) is 2.52. The molecule has 5 heteroatoms. The number of hydrogen-bond acceptors (Lipinski definition) is 4. The lowest BCUT2D eigenvalue weighted by atomic mass is 9.95. The van der Waals surface area contributed by atoms with Gasteiger partial charge in [-0.15, -0.1) is 0 Å². The highest BCUT2D eigenvalue weighted by Crippen LogP contribution is 2.29. The fraction of sp³-hybridized carbons (Fsp3) is 0.111. The van der Waals surface area contributed by atoms with Crippen molar-refractivity contribution in [3.05, 3.63) is 83.4 Å². The number of aliphatic hydroxyl groups excluding tert-OH is 1. The Morgan fingerprint density at radius 2 is 1.39 bits per heavy atom. The van der Waals surface area contributed by atoms with Gasteiger partial charge in [0.15, 0.2) is 0 Å². The van der Waals surface area contributed by atoms with E-state index in [1.165, 1.54) is 6.33 Å². The molecule has 0 aliphatic carbocycles. The zero-order valence-electron chi connectivity index (χ0n) is 12.3. The number of aliphatic hydroxyl groups is 1. The summed E-state index contributed by atoms with van der Waals surface area (Å²) in [5.41, 5.74) is 9.66. The first-order valence-electron chi connectivity index (χ1n) is 7.19. The molecular weight excluding hydrogens is 310 g/mol. The van der Waals surface area contributed by atoms with E-state index in [4.69, 9.17) is 17.3 Å². The Morgan fingerprint density at radius 3 is 2.00 bits per heavy atom. The number of aromatic nitrogens is 2. The average Bonchev–Trinajstić information content (AvgIpc) is 2.62. The van der Waals surface area contributed by atoms with E-state index in [9.17, 15) is 5.11 Å². The Morgan fingerprint density at radius 1 is 0.826 bits per heavy atom. The van der Waals surface area contributed by atoms with Gasteiger partial charge in [-0.3, -0.25) is 0 Å². The van der Waals surface area contributed by atoms with Gasteiger partial charge in [0.25, 0.3) is 0 Å². The third kappa shape index (κ3) is 3.56. The Balaban J connectivity index is 1.80. The smallest absolute Gasteiger partial charge is 0.115 e. The molecule has 4 nitrogen and oxygen atoms in total. The average molecular weight is 326 g/mol. The van der Waals surface area contributed by atoms with Gasteiger partial charge in [0, 0.05) is 23.0 Å². The fourth-order valence-electron chi connectivity index (χ4n) is 2.40. The number of hydrogen-bond donors (Lipinski definition) is 2. The molecule has 0 fully saturated rings. The molecule has 2 aromatic carbocycles. The molecular formula is C18H16ClN3O. The highest BCUT2D eigenvalue weighted by molar-refractivity contribution is 6.30. The topological polar surface area (TPSA) is 72.0 Å². The molecule has 0 radical (unpaired) electrons. The molecule has 3 rings (SSSR count). The maximum atomic E-state index is 10.5. The molecule has 0 unspecified atom stereocenters. The van der Waals surface area contributed by atoms with Gasteiger partial charge in [-0.1, -0.05) is 48.0 Å². The van der Waals surface area contributed by atoms with Crippen LogP contribution in [0.15, 0.2) is 67.3 Å². The predicted molar refractivity (Wildman–Crippen MR) is 90.8 cm³/mol. The molecule has 0 spiro atoms. The first kappa shape index (κ1) is 15.6. The number of halogens is 1. The summed E-state index contributed by atoms with van der Waals surface area (Å²) in [5, 5.41) is 11.1. The van der Waals surface area contributed by atoms with Crippen molar-refractivity contribution in [1.29, 1.82) is 0 Å². The molecule has 3 N–H and O–H groups in total. The lowest BCUT2D eigenvalue weighted by Crippen LogP contribution is -2.19. The molecule has 0 bridgehead atoms. The van der Waals surface area contributed by atoms with E-state index < -0.39 is 12.1 Å². The Bertz CT molecular complexity index is 761. The lowest BCUT2D eigenvalue weighted by Gasteiger charge is -2.20. The van der Waals surface area contributed by atoms with Crippen LogP contribution < -0.4 is 5.73 Å². The number of rotatable bonds is 4. The summed E-state index contributed by atoms with van der Waals surface area (Å²) in [7, 11) is 0. The summed E-state index contributed by atoms with van der Waals surface area (Å²) < 4.78 is 0. The van der Waals surface area contributed by atoms with Crippen molar-refractivity contribution in [2.45, 2.75) is 12.1 Å². The van der Waals surface area contributed by atoms with Crippen LogP contribution in [0.2, 0.25) is 5.02 Å². The van der Waals surface area contributed by atoms with Crippen LogP contribution in [0.3, 0.4) is 0 Å². The highest BCUT2D eigenvalue weighted by Gasteiger charge is 2.18. The van der Waals surface area contributed by atoms with E-state index >= 15 is 0 Å². The zero-order chi connectivity index (χ0) is 16.2. The van der Waals surface area contributed by atoms with Crippen molar-refractivity contribution in [2.75, 3.05) is 0 Å². The van der Waals surface area contributed by atoms with Crippen molar-refractivity contribution in [3.63, 3.8) is 0 Å². The monoisotopic (exact) mass is 325 g/mol. The minimum absolute atomic E-state index is 0.516. The molecule has 0 aliphatic rings. The van der Waals surface area contributed by atoms with Crippen LogP contribution in [-0.4, -0.2) is 15.1 Å².